The Morgan fingerprint density at radius 2 is 1.79 bits per heavy atom. The molecule has 1 aromatic rings. The summed E-state index contributed by atoms with van der Waals surface area (Å²) in [6, 6.07) is 0. The number of hydrogen-bond acceptors (Lipinski definition) is 5. The number of nitrogens with zero attached hydrogens (tertiary/aromatic N) is 4. The standard InChI is InChI=1S/C14H27N5/c1-7-12-16-13(15-3)11(2)14(17-12)19(6)10-8-9-18(4)5/h7-10H2,1-6H3,(H,15,16,17). The zero-order chi connectivity index (χ0) is 14.4. The highest BCUT2D eigenvalue weighted by molar-refractivity contribution is 5.58. The highest BCUT2D eigenvalue weighted by atomic mass is 15.2. The minimum atomic E-state index is 0.855. The van der Waals surface area contributed by atoms with E-state index in [1.807, 2.05) is 7.05 Å². The highest BCUT2D eigenvalue weighted by Crippen LogP contribution is 2.22. The van der Waals surface area contributed by atoms with Crippen molar-refractivity contribution in [3.05, 3.63) is 11.4 Å². The van der Waals surface area contributed by atoms with Gasteiger partial charge >= 0.3 is 0 Å². The molecule has 0 aliphatic rings. The minimum absolute atomic E-state index is 0.855. The van der Waals surface area contributed by atoms with E-state index in [1.165, 1.54) is 0 Å². The summed E-state index contributed by atoms with van der Waals surface area (Å²) in [7, 11) is 8.21. The number of rotatable bonds is 7. The first kappa shape index (κ1) is 15.7. The highest BCUT2D eigenvalue weighted by Gasteiger charge is 2.12. The molecule has 0 unspecified atom stereocenters. The molecule has 1 N–H and O–H groups in total. The van der Waals surface area contributed by atoms with Crippen LogP contribution in [0.4, 0.5) is 11.6 Å². The first-order chi connectivity index (χ1) is 8.99. The van der Waals surface area contributed by atoms with Gasteiger partial charge in [0.15, 0.2) is 0 Å². The molecule has 0 spiro atoms. The molecule has 0 saturated carbocycles. The van der Waals surface area contributed by atoms with Crippen LogP contribution in [-0.4, -0.2) is 56.1 Å². The quantitative estimate of drug-likeness (QED) is 0.814. The molecule has 0 fully saturated rings. The van der Waals surface area contributed by atoms with Crippen LogP contribution in [0.25, 0.3) is 0 Å². The van der Waals surface area contributed by atoms with E-state index < -0.39 is 0 Å². The number of nitrogens with one attached hydrogen (secondary N) is 1. The van der Waals surface area contributed by atoms with Crippen LogP contribution in [0.3, 0.4) is 0 Å². The van der Waals surface area contributed by atoms with Crippen LogP contribution in [0.1, 0.15) is 24.7 Å². The molecule has 1 heterocycles. The second-order valence-electron chi connectivity index (χ2n) is 5.12. The van der Waals surface area contributed by atoms with E-state index in [0.29, 0.717) is 0 Å². The van der Waals surface area contributed by atoms with Crippen molar-refractivity contribution in [2.75, 3.05) is 51.5 Å². The summed E-state index contributed by atoms with van der Waals surface area (Å²) in [5.74, 6) is 2.86. The van der Waals surface area contributed by atoms with Gasteiger partial charge in [0.05, 0.1) is 0 Å². The van der Waals surface area contributed by atoms with Gasteiger partial charge < -0.3 is 15.1 Å². The summed E-state index contributed by atoms with van der Waals surface area (Å²) >= 11 is 0. The Labute approximate surface area is 117 Å². The Bertz CT molecular complexity index is 403. The van der Waals surface area contributed by atoms with Gasteiger partial charge in [0.25, 0.3) is 0 Å². The van der Waals surface area contributed by atoms with Crippen LogP contribution >= 0.6 is 0 Å². The van der Waals surface area contributed by atoms with Crippen LogP contribution in [0, 0.1) is 6.92 Å². The molecule has 0 amide bonds. The van der Waals surface area contributed by atoms with Gasteiger partial charge in [-0.05, 0) is 34.0 Å². The van der Waals surface area contributed by atoms with Gasteiger partial charge in [0.2, 0.25) is 0 Å². The Hall–Kier alpha value is -1.36. The number of anilines is 2. The van der Waals surface area contributed by atoms with Crippen LogP contribution in [0.2, 0.25) is 0 Å². The molecule has 5 nitrogen and oxygen atoms in total. The Balaban J connectivity index is 2.85. The lowest BCUT2D eigenvalue weighted by Crippen LogP contribution is -2.25. The SMILES string of the molecule is CCc1nc(NC)c(C)c(N(C)CCCN(C)C)n1. The van der Waals surface area contributed by atoms with Gasteiger partial charge in [-0.3, -0.25) is 0 Å². The summed E-state index contributed by atoms with van der Waals surface area (Å²) in [5, 5.41) is 3.15. The molecular formula is C14H27N5. The Kier molecular flexibility index (Phi) is 6.02. The fourth-order valence-electron chi connectivity index (χ4n) is 2.05. The molecule has 0 saturated heterocycles. The molecule has 0 radical (unpaired) electrons. The fourth-order valence-corrected chi connectivity index (χ4v) is 2.05. The summed E-state index contributed by atoms with van der Waals surface area (Å²) in [4.78, 5) is 13.6. The second kappa shape index (κ2) is 7.28. The van der Waals surface area contributed by atoms with Crippen LogP contribution < -0.4 is 10.2 Å². The monoisotopic (exact) mass is 265 g/mol. The second-order valence-corrected chi connectivity index (χ2v) is 5.12. The molecule has 1 aromatic heterocycles. The van der Waals surface area contributed by atoms with Crippen molar-refractivity contribution in [2.24, 2.45) is 0 Å². The molecule has 0 atom stereocenters. The van der Waals surface area contributed by atoms with E-state index in [9.17, 15) is 0 Å². The smallest absolute Gasteiger partial charge is 0.137 e. The van der Waals surface area contributed by atoms with Crippen LogP contribution in [-0.2, 0) is 6.42 Å². The number of aryl methyl sites for hydroxylation is 1. The summed E-state index contributed by atoms with van der Waals surface area (Å²) in [5.41, 5.74) is 1.12. The predicted molar refractivity (Wildman–Crippen MR) is 82.1 cm³/mol. The van der Waals surface area contributed by atoms with Crippen LogP contribution in [0.5, 0.6) is 0 Å². The molecule has 1 rings (SSSR count). The van der Waals surface area contributed by atoms with Gasteiger partial charge in [-0.15, -0.1) is 0 Å². The molecule has 5 heteroatoms. The van der Waals surface area contributed by atoms with Crippen LogP contribution in [0.15, 0.2) is 0 Å². The first-order valence-electron chi connectivity index (χ1n) is 6.90. The van der Waals surface area contributed by atoms with Crippen molar-refractivity contribution >= 4 is 11.6 Å². The summed E-state index contributed by atoms with van der Waals surface area (Å²) < 4.78 is 0. The third-order valence-corrected chi connectivity index (χ3v) is 3.18. The lowest BCUT2D eigenvalue weighted by atomic mass is 10.2. The van der Waals surface area contributed by atoms with E-state index in [1.54, 1.807) is 0 Å². The number of hydrogen-bond donors (Lipinski definition) is 1. The first-order valence-corrected chi connectivity index (χ1v) is 6.90. The Morgan fingerprint density at radius 1 is 1.11 bits per heavy atom. The van der Waals surface area contributed by atoms with Gasteiger partial charge in [0, 0.05) is 32.6 Å². The van der Waals surface area contributed by atoms with E-state index in [2.05, 4.69) is 60.1 Å². The molecule has 19 heavy (non-hydrogen) atoms. The largest absolute Gasteiger partial charge is 0.373 e. The normalized spacial score (nSPS) is 10.9. The maximum absolute atomic E-state index is 4.66. The number of aromatic nitrogens is 2. The molecule has 108 valence electrons. The van der Waals surface area contributed by atoms with E-state index in [-0.39, 0.29) is 0 Å². The zero-order valence-electron chi connectivity index (χ0n) is 13.1. The van der Waals surface area contributed by atoms with Crippen molar-refractivity contribution in [3.63, 3.8) is 0 Å². The van der Waals surface area contributed by atoms with Gasteiger partial charge in [-0.25, -0.2) is 9.97 Å². The van der Waals surface area contributed by atoms with Crippen molar-refractivity contribution in [1.82, 2.24) is 14.9 Å². The lowest BCUT2D eigenvalue weighted by Gasteiger charge is -2.22. The van der Waals surface area contributed by atoms with Crippen molar-refractivity contribution in [3.8, 4) is 0 Å². The molecule has 0 aromatic carbocycles. The summed E-state index contributed by atoms with van der Waals surface area (Å²) in [6.45, 7) is 6.25. The lowest BCUT2D eigenvalue weighted by molar-refractivity contribution is 0.401. The molecule has 0 aliphatic heterocycles. The fraction of sp³-hybridized carbons (Fsp3) is 0.714. The average Bonchev–Trinajstić information content (AvgIpc) is 2.38. The third-order valence-electron chi connectivity index (χ3n) is 3.18. The van der Waals surface area contributed by atoms with Crippen molar-refractivity contribution < 1.29 is 0 Å². The molecular weight excluding hydrogens is 238 g/mol. The van der Waals surface area contributed by atoms with E-state index >= 15 is 0 Å². The Morgan fingerprint density at radius 3 is 2.32 bits per heavy atom. The topological polar surface area (TPSA) is 44.3 Å². The predicted octanol–water partition coefficient (Wildman–Crippen LogP) is 1.78. The average molecular weight is 265 g/mol. The van der Waals surface area contributed by atoms with Gasteiger partial charge in [0.1, 0.15) is 17.5 Å². The van der Waals surface area contributed by atoms with Gasteiger partial charge in [-0.1, -0.05) is 6.92 Å². The minimum Gasteiger partial charge on any atom is -0.373 e. The summed E-state index contributed by atoms with van der Waals surface area (Å²) in [6.07, 6.45) is 1.98. The van der Waals surface area contributed by atoms with Crippen molar-refractivity contribution in [2.45, 2.75) is 26.7 Å². The zero-order valence-corrected chi connectivity index (χ0v) is 13.1. The maximum Gasteiger partial charge on any atom is 0.137 e. The van der Waals surface area contributed by atoms with E-state index in [0.717, 1.165) is 49.0 Å². The third kappa shape index (κ3) is 4.35. The van der Waals surface area contributed by atoms with E-state index in [4.69, 9.17) is 0 Å². The van der Waals surface area contributed by atoms with Gasteiger partial charge in [-0.2, -0.15) is 0 Å². The maximum atomic E-state index is 4.66. The molecule has 0 aliphatic carbocycles. The molecule has 0 bridgehead atoms. The van der Waals surface area contributed by atoms with Crippen molar-refractivity contribution in [1.29, 1.82) is 0 Å².